The molecule has 1 aliphatic rings. The number of anilines is 1. The van der Waals surface area contributed by atoms with E-state index in [-0.39, 0.29) is 5.91 Å². The molecule has 1 amide bonds. The van der Waals surface area contributed by atoms with Crippen molar-refractivity contribution in [2.45, 2.75) is 25.7 Å². The molecule has 1 N–H and O–H groups in total. The highest BCUT2D eigenvalue weighted by molar-refractivity contribution is 7.15. The molecule has 0 saturated heterocycles. The molecule has 0 atom stereocenters. The lowest BCUT2D eigenvalue weighted by Gasteiger charge is -2.04. The van der Waals surface area contributed by atoms with E-state index in [0.29, 0.717) is 6.42 Å². The van der Waals surface area contributed by atoms with E-state index in [1.54, 1.807) is 11.3 Å². The molecule has 22 heavy (non-hydrogen) atoms. The monoisotopic (exact) mass is 308 g/mol. The molecule has 4 heteroatoms. The van der Waals surface area contributed by atoms with Crippen LogP contribution >= 0.6 is 11.3 Å². The standard InChI is InChI=1S/C18H16N2OS/c21-17(20-18-19-15-6-3-7-16(15)22-18)11-12-8-9-13-4-1-2-5-14(13)10-12/h1-2,4-5,8-10H,3,6-7,11H2,(H,19,20,21). The topological polar surface area (TPSA) is 42.0 Å². The summed E-state index contributed by atoms with van der Waals surface area (Å²) in [5.74, 6) is 0.00250. The first kappa shape index (κ1) is 13.5. The molecule has 0 unspecified atom stereocenters. The number of hydrogen-bond donors (Lipinski definition) is 1. The third-order valence-electron chi connectivity index (χ3n) is 4.02. The summed E-state index contributed by atoms with van der Waals surface area (Å²) in [6.07, 6.45) is 3.73. The highest BCUT2D eigenvalue weighted by Gasteiger charge is 2.17. The molecule has 1 heterocycles. The number of hydrogen-bond acceptors (Lipinski definition) is 3. The van der Waals surface area contributed by atoms with Gasteiger partial charge in [-0.1, -0.05) is 42.5 Å². The molecule has 1 aliphatic carbocycles. The van der Waals surface area contributed by atoms with Crippen LogP contribution < -0.4 is 5.32 Å². The summed E-state index contributed by atoms with van der Waals surface area (Å²) in [6.45, 7) is 0. The number of carbonyl (C=O) groups is 1. The molecule has 0 spiro atoms. The third-order valence-corrected chi connectivity index (χ3v) is 5.09. The number of thiazole rings is 1. The van der Waals surface area contributed by atoms with Gasteiger partial charge in [0.15, 0.2) is 5.13 Å². The normalized spacial score (nSPS) is 13.3. The SMILES string of the molecule is O=C(Cc1ccc2ccccc2c1)Nc1nc2c(s1)CCC2. The van der Waals surface area contributed by atoms with Crippen LogP contribution in [-0.4, -0.2) is 10.9 Å². The zero-order chi connectivity index (χ0) is 14.9. The van der Waals surface area contributed by atoms with Gasteiger partial charge in [-0.2, -0.15) is 0 Å². The van der Waals surface area contributed by atoms with Gasteiger partial charge in [0, 0.05) is 4.88 Å². The van der Waals surface area contributed by atoms with E-state index in [4.69, 9.17) is 0 Å². The second-order valence-corrected chi connectivity index (χ2v) is 6.73. The molecular weight excluding hydrogens is 292 g/mol. The molecule has 110 valence electrons. The molecule has 0 radical (unpaired) electrons. The van der Waals surface area contributed by atoms with Crippen molar-refractivity contribution in [2.24, 2.45) is 0 Å². The molecule has 0 fully saturated rings. The molecule has 3 nitrogen and oxygen atoms in total. The Balaban J connectivity index is 1.48. The molecule has 0 saturated carbocycles. The average Bonchev–Trinajstić information content (AvgIpc) is 3.08. The number of aryl methyl sites for hydroxylation is 2. The van der Waals surface area contributed by atoms with Crippen molar-refractivity contribution in [3.05, 3.63) is 58.6 Å². The van der Waals surface area contributed by atoms with Crippen molar-refractivity contribution in [1.29, 1.82) is 0 Å². The number of nitrogens with zero attached hydrogens (tertiary/aromatic N) is 1. The van der Waals surface area contributed by atoms with E-state index in [2.05, 4.69) is 34.6 Å². The Labute approximate surface area is 133 Å². The highest BCUT2D eigenvalue weighted by atomic mass is 32.1. The predicted octanol–water partition coefficient (Wildman–Crippen LogP) is 3.97. The van der Waals surface area contributed by atoms with Crippen LogP contribution in [0.2, 0.25) is 0 Å². The molecule has 1 aromatic heterocycles. The molecule has 0 bridgehead atoms. The minimum absolute atomic E-state index is 0.00250. The summed E-state index contributed by atoms with van der Waals surface area (Å²) in [6, 6.07) is 14.4. The summed E-state index contributed by atoms with van der Waals surface area (Å²) in [7, 11) is 0. The fraction of sp³-hybridized carbons (Fsp3) is 0.222. The largest absolute Gasteiger partial charge is 0.302 e. The summed E-state index contributed by atoms with van der Waals surface area (Å²) in [4.78, 5) is 18.0. The van der Waals surface area contributed by atoms with Crippen molar-refractivity contribution in [3.8, 4) is 0 Å². The van der Waals surface area contributed by atoms with Crippen LogP contribution in [0.3, 0.4) is 0 Å². The Hall–Kier alpha value is -2.20. The van der Waals surface area contributed by atoms with E-state index >= 15 is 0 Å². The van der Waals surface area contributed by atoms with Crippen LogP contribution in [0, 0.1) is 0 Å². The smallest absolute Gasteiger partial charge is 0.230 e. The molecular formula is C18H16N2OS. The fourth-order valence-corrected chi connectivity index (χ4v) is 4.01. The van der Waals surface area contributed by atoms with Gasteiger partial charge in [0.1, 0.15) is 0 Å². The number of aromatic nitrogens is 1. The lowest BCUT2D eigenvalue weighted by atomic mass is 10.1. The second-order valence-electron chi connectivity index (χ2n) is 5.65. The Morgan fingerprint density at radius 3 is 2.86 bits per heavy atom. The Bertz CT molecular complexity index is 832. The van der Waals surface area contributed by atoms with Crippen molar-refractivity contribution in [1.82, 2.24) is 4.98 Å². The maximum absolute atomic E-state index is 12.2. The van der Waals surface area contributed by atoms with Crippen LogP contribution in [0.5, 0.6) is 0 Å². The molecule has 2 aromatic carbocycles. The second kappa shape index (κ2) is 5.54. The number of nitrogens with one attached hydrogen (secondary N) is 1. The zero-order valence-corrected chi connectivity index (χ0v) is 13.0. The van der Waals surface area contributed by atoms with Crippen LogP contribution in [-0.2, 0) is 24.1 Å². The Morgan fingerprint density at radius 2 is 2.00 bits per heavy atom. The van der Waals surface area contributed by atoms with Gasteiger partial charge in [-0.05, 0) is 35.6 Å². The lowest BCUT2D eigenvalue weighted by Crippen LogP contribution is -2.14. The maximum atomic E-state index is 12.2. The van der Waals surface area contributed by atoms with Crippen molar-refractivity contribution < 1.29 is 4.79 Å². The first-order valence-electron chi connectivity index (χ1n) is 7.54. The van der Waals surface area contributed by atoms with E-state index in [0.717, 1.165) is 23.5 Å². The highest BCUT2D eigenvalue weighted by Crippen LogP contribution is 2.30. The average molecular weight is 308 g/mol. The van der Waals surface area contributed by atoms with Gasteiger partial charge >= 0.3 is 0 Å². The van der Waals surface area contributed by atoms with E-state index in [1.165, 1.54) is 27.8 Å². The first-order chi connectivity index (χ1) is 10.8. The van der Waals surface area contributed by atoms with Crippen LogP contribution in [0.1, 0.15) is 22.6 Å². The van der Waals surface area contributed by atoms with E-state index in [9.17, 15) is 4.79 Å². The van der Waals surface area contributed by atoms with E-state index < -0.39 is 0 Å². The molecule has 4 rings (SSSR count). The third kappa shape index (κ3) is 2.62. The number of fused-ring (bicyclic) bond motifs is 2. The fourth-order valence-electron chi connectivity index (χ4n) is 2.94. The Kier molecular flexibility index (Phi) is 3.39. The maximum Gasteiger partial charge on any atom is 0.230 e. The summed E-state index contributed by atoms with van der Waals surface area (Å²) >= 11 is 1.62. The van der Waals surface area contributed by atoms with Gasteiger partial charge in [-0.3, -0.25) is 4.79 Å². The minimum atomic E-state index is 0.00250. The summed E-state index contributed by atoms with van der Waals surface area (Å²) in [5.41, 5.74) is 2.20. The van der Waals surface area contributed by atoms with Crippen LogP contribution in [0.4, 0.5) is 5.13 Å². The predicted molar refractivity (Wildman–Crippen MR) is 90.4 cm³/mol. The quantitative estimate of drug-likeness (QED) is 0.795. The molecule has 3 aromatic rings. The first-order valence-corrected chi connectivity index (χ1v) is 8.36. The molecule has 0 aliphatic heterocycles. The van der Waals surface area contributed by atoms with Crippen LogP contribution in [0.25, 0.3) is 10.8 Å². The minimum Gasteiger partial charge on any atom is -0.302 e. The van der Waals surface area contributed by atoms with Crippen molar-refractivity contribution >= 4 is 33.1 Å². The lowest BCUT2D eigenvalue weighted by molar-refractivity contribution is -0.115. The summed E-state index contributed by atoms with van der Waals surface area (Å²) in [5, 5.41) is 6.05. The van der Waals surface area contributed by atoms with Gasteiger partial charge in [0.2, 0.25) is 5.91 Å². The number of benzene rings is 2. The Morgan fingerprint density at radius 1 is 1.14 bits per heavy atom. The van der Waals surface area contributed by atoms with E-state index in [1.807, 2.05) is 18.2 Å². The number of carbonyl (C=O) groups excluding carboxylic acids is 1. The summed E-state index contributed by atoms with van der Waals surface area (Å²) < 4.78 is 0. The van der Waals surface area contributed by atoms with Gasteiger partial charge in [0.25, 0.3) is 0 Å². The van der Waals surface area contributed by atoms with Gasteiger partial charge < -0.3 is 5.32 Å². The van der Waals surface area contributed by atoms with Gasteiger partial charge in [-0.15, -0.1) is 11.3 Å². The van der Waals surface area contributed by atoms with Gasteiger partial charge in [-0.25, -0.2) is 4.98 Å². The number of rotatable bonds is 3. The van der Waals surface area contributed by atoms with Crippen molar-refractivity contribution in [3.63, 3.8) is 0 Å². The van der Waals surface area contributed by atoms with Crippen molar-refractivity contribution in [2.75, 3.05) is 5.32 Å². The number of amides is 1. The van der Waals surface area contributed by atoms with Gasteiger partial charge in [0.05, 0.1) is 12.1 Å². The zero-order valence-electron chi connectivity index (χ0n) is 12.1. The van der Waals surface area contributed by atoms with Crippen LogP contribution in [0.15, 0.2) is 42.5 Å².